The fraction of sp³-hybridized carbons (Fsp3) is 0.541. The number of nitrogens with two attached hydrogens (primary N) is 3. The Bertz CT molecular complexity index is 1910. The maximum atomic E-state index is 13.7. The number of aliphatic hydroxyl groups is 1. The van der Waals surface area contributed by atoms with Gasteiger partial charge in [0.2, 0.25) is 47.3 Å². The monoisotopic (exact) mass is 956 g/mol. The molecule has 8 amide bonds. The lowest BCUT2D eigenvalue weighted by molar-refractivity contribution is -0.144. The molecule has 26 nitrogen and oxygen atoms in total. The molecule has 1 aromatic carbocycles. The fourth-order valence-electron chi connectivity index (χ4n) is 6.18. The SMILES string of the molecule is NCC(=O)N[C@H](CS)C(=O)NCC(=O)N[C@@H](CCCN=C(N)N)C(=O)N[C@@H](CC(=O)O)C(=O)N[C@@H](CO)C(=O)N1CCC[C@H]1C(=O)N[C@@H](CS)C(=O)N[C@H](Cc1ccc(O)cc1)C(=O)O. The Morgan fingerprint density at radius 2 is 1.32 bits per heavy atom. The number of aliphatic imine (C=N–C) groups is 1. The highest BCUT2D eigenvalue weighted by Crippen LogP contribution is 2.19. The summed E-state index contributed by atoms with van der Waals surface area (Å²) in [5.74, 6) is -11.2. The van der Waals surface area contributed by atoms with Crippen LogP contribution < -0.4 is 54.4 Å². The molecular formula is C37H56N12O14S2. The average molecular weight is 957 g/mol. The van der Waals surface area contributed by atoms with Crippen molar-refractivity contribution in [2.45, 2.75) is 80.8 Å². The molecule has 28 heteroatoms. The second-order valence-corrected chi connectivity index (χ2v) is 15.1. The molecule has 0 aliphatic carbocycles. The fourth-order valence-corrected chi connectivity index (χ4v) is 6.69. The van der Waals surface area contributed by atoms with Crippen LogP contribution in [0.25, 0.3) is 0 Å². The molecule has 1 saturated heterocycles. The lowest BCUT2D eigenvalue weighted by Crippen LogP contribution is -2.60. The van der Waals surface area contributed by atoms with Crippen molar-refractivity contribution in [1.29, 1.82) is 0 Å². The molecule has 1 aliphatic rings. The number of carbonyl (C=O) groups is 10. The molecule has 65 heavy (non-hydrogen) atoms. The van der Waals surface area contributed by atoms with Crippen LogP contribution in [0.1, 0.15) is 37.7 Å². The molecule has 0 radical (unpaired) electrons. The number of phenolic OH excluding ortho intramolecular Hbond substituents is 1. The third-order valence-electron chi connectivity index (χ3n) is 9.49. The first-order valence-corrected chi connectivity index (χ1v) is 21.2. The molecule has 1 aliphatic heterocycles. The maximum absolute atomic E-state index is 13.7. The predicted octanol–water partition coefficient (Wildman–Crippen LogP) is -6.63. The molecule has 0 unspecified atom stereocenters. The Balaban J connectivity index is 2.18. The van der Waals surface area contributed by atoms with E-state index in [1.165, 1.54) is 24.3 Å². The summed E-state index contributed by atoms with van der Waals surface area (Å²) in [6.45, 7) is -2.25. The van der Waals surface area contributed by atoms with Gasteiger partial charge in [-0.1, -0.05) is 12.1 Å². The Labute approximate surface area is 382 Å². The number of carboxylic acids is 2. The van der Waals surface area contributed by atoms with Crippen molar-refractivity contribution in [3.05, 3.63) is 29.8 Å². The van der Waals surface area contributed by atoms with Crippen molar-refractivity contribution in [2.75, 3.05) is 44.3 Å². The molecule has 1 fully saturated rings. The summed E-state index contributed by atoms with van der Waals surface area (Å²) in [4.78, 5) is 133. The number of hydrogen-bond donors (Lipinski definition) is 16. The van der Waals surface area contributed by atoms with E-state index in [2.05, 4.69) is 67.5 Å². The number of benzene rings is 1. The van der Waals surface area contributed by atoms with Gasteiger partial charge in [-0.25, -0.2) is 4.79 Å². The first-order valence-electron chi connectivity index (χ1n) is 19.9. The van der Waals surface area contributed by atoms with E-state index in [0.29, 0.717) is 5.56 Å². The summed E-state index contributed by atoms with van der Waals surface area (Å²) in [5.41, 5.74) is 16.4. The van der Waals surface area contributed by atoms with Gasteiger partial charge in [-0.2, -0.15) is 25.3 Å². The first kappa shape index (κ1) is 54.7. The number of amides is 8. The van der Waals surface area contributed by atoms with Crippen molar-refractivity contribution < 1.29 is 68.4 Å². The minimum atomic E-state index is -1.91. The molecule has 2 rings (SSSR count). The van der Waals surface area contributed by atoms with E-state index < -0.39 is 128 Å². The Morgan fingerprint density at radius 3 is 1.89 bits per heavy atom. The standard InChI is InChI=1S/C37H56N12O14S2/c38-13-27(52)44-24(16-64)30(56)42-14-28(53)43-20(3-1-9-41-37(39)40)31(57)45-21(12-29(54)55)32(58)47-23(15-50)35(61)49-10-2-4-26(49)34(60)48-25(17-65)33(59)46-22(36(62)63)11-18-5-7-19(51)8-6-18/h5-8,20-26,50-51,64-65H,1-4,9-17,38H2,(H,42,56)(H,43,53)(H,44,52)(H,45,57)(H,46,59)(H,47,58)(H,48,60)(H,54,55)(H,62,63)(H4,39,40,41)/t20-,21-,22+,23-,24+,25-,26-/m0/s1. The lowest BCUT2D eigenvalue weighted by Gasteiger charge is -2.30. The third kappa shape index (κ3) is 18.7. The molecule has 1 heterocycles. The van der Waals surface area contributed by atoms with E-state index in [1.54, 1.807) is 0 Å². The Kier molecular flexibility index (Phi) is 23.3. The number of aliphatic hydroxyl groups excluding tert-OH is 1. The highest BCUT2D eigenvalue weighted by Gasteiger charge is 2.40. The molecule has 17 N–H and O–H groups in total. The number of nitrogens with zero attached hydrogens (tertiary/aromatic N) is 2. The molecular weight excluding hydrogens is 901 g/mol. The van der Waals surface area contributed by atoms with Crippen LogP contribution in [-0.2, 0) is 54.4 Å². The summed E-state index contributed by atoms with van der Waals surface area (Å²) in [6, 6.07) is -4.77. The van der Waals surface area contributed by atoms with Crippen LogP contribution in [0.15, 0.2) is 29.3 Å². The van der Waals surface area contributed by atoms with Crippen LogP contribution in [0.2, 0.25) is 0 Å². The number of aliphatic carboxylic acids is 2. The number of nitrogens with one attached hydrogen (secondary N) is 7. The van der Waals surface area contributed by atoms with Gasteiger partial charge in [-0.3, -0.25) is 48.1 Å². The van der Waals surface area contributed by atoms with E-state index in [1.807, 2.05) is 0 Å². The molecule has 7 atom stereocenters. The summed E-state index contributed by atoms with van der Waals surface area (Å²) in [7, 11) is 0. The predicted molar refractivity (Wildman–Crippen MR) is 235 cm³/mol. The van der Waals surface area contributed by atoms with E-state index in [9.17, 15) is 68.4 Å². The topological polar surface area (TPSA) is 429 Å². The van der Waals surface area contributed by atoms with Gasteiger partial charge in [0.05, 0.1) is 26.1 Å². The molecule has 0 aromatic heterocycles. The summed E-state index contributed by atoms with van der Waals surface area (Å²) in [5, 5.41) is 55.1. The van der Waals surface area contributed by atoms with E-state index in [0.717, 1.165) is 4.90 Å². The number of guanidine groups is 1. The number of hydrogen-bond acceptors (Lipinski definition) is 16. The van der Waals surface area contributed by atoms with Crippen LogP contribution in [-0.4, -0.2) is 177 Å². The third-order valence-corrected chi connectivity index (χ3v) is 10.2. The van der Waals surface area contributed by atoms with Crippen molar-refractivity contribution in [3.63, 3.8) is 0 Å². The largest absolute Gasteiger partial charge is 0.508 e. The quantitative estimate of drug-likeness (QED) is 0.0169. The van der Waals surface area contributed by atoms with Crippen molar-refractivity contribution in [3.8, 4) is 5.75 Å². The minimum absolute atomic E-state index is 0.0200. The van der Waals surface area contributed by atoms with Gasteiger partial charge in [0, 0.05) is 31.0 Å². The van der Waals surface area contributed by atoms with Gasteiger partial charge >= 0.3 is 11.9 Å². The van der Waals surface area contributed by atoms with Crippen LogP contribution >= 0.6 is 25.3 Å². The van der Waals surface area contributed by atoms with Crippen molar-refractivity contribution in [2.24, 2.45) is 22.2 Å². The zero-order valence-corrected chi connectivity index (χ0v) is 36.7. The number of carboxylic acid groups (broad SMARTS) is 2. The molecule has 0 spiro atoms. The summed E-state index contributed by atoms with van der Waals surface area (Å²) >= 11 is 8.11. The van der Waals surface area contributed by atoms with Gasteiger partial charge in [-0.15, -0.1) is 0 Å². The number of rotatable bonds is 27. The van der Waals surface area contributed by atoms with Crippen molar-refractivity contribution >= 4 is 90.4 Å². The molecule has 0 bridgehead atoms. The number of aromatic hydroxyl groups is 1. The number of thiol groups is 2. The number of likely N-dealkylation sites (tertiary alicyclic amines) is 1. The van der Waals surface area contributed by atoms with Crippen molar-refractivity contribution in [1.82, 2.24) is 42.1 Å². The Morgan fingerprint density at radius 1 is 0.754 bits per heavy atom. The van der Waals surface area contributed by atoms with E-state index in [4.69, 9.17) is 17.2 Å². The smallest absolute Gasteiger partial charge is 0.326 e. The second kappa shape index (κ2) is 27.7. The van der Waals surface area contributed by atoms with Crippen LogP contribution in [0.3, 0.4) is 0 Å². The number of phenols is 1. The molecule has 360 valence electrons. The highest BCUT2D eigenvalue weighted by molar-refractivity contribution is 7.80. The minimum Gasteiger partial charge on any atom is -0.508 e. The van der Waals surface area contributed by atoms with Gasteiger partial charge in [0.15, 0.2) is 5.96 Å². The zero-order chi connectivity index (χ0) is 48.8. The summed E-state index contributed by atoms with van der Waals surface area (Å²) < 4.78 is 0. The number of carbonyl (C=O) groups excluding carboxylic acids is 8. The van der Waals surface area contributed by atoms with E-state index >= 15 is 0 Å². The lowest BCUT2D eigenvalue weighted by atomic mass is 10.1. The Hall–Kier alpha value is -6.39. The van der Waals surface area contributed by atoms with Gasteiger partial charge in [0.1, 0.15) is 48.0 Å². The average Bonchev–Trinajstić information content (AvgIpc) is 3.76. The normalized spacial score (nSPS) is 15.9. The zero-order valence-electron chi connectivity index (χ0n) is 34.9. The van der Waals surface area contributed by atoms with E-state index in [-0.39, 0.29) is 68.4 Å². The van der Waals surface area contributed by atoms with Crippen LogP contribution in [0, 0.1) is 0 Å². The second-order valence-electron chi connectivity index (χ2n) is 14.4. The van der Waals surface area contributed by atoms with Gasteiger partial charge in [-0.05, 0) is 43.4 Å². The summed E-state index contributed by atoms with van der Waals surface area (Å²) in [6.07, 6.45) is -0.988. The van der Waals surface area contributed by atoms with Gasteiger partial charge < -0.3 is 79.7 Å². The van der Waals surface area contributed by atoms with Crippen LogP contribution in [0.4, 0.5) is 0 Å². The first-order chi connectivity index (χ1) is 30.7. The highest BCUT2D eigenvalue weighted by atomic mass is 32.1. The van der Waals surface area contributed by atoms with Gasteiger partial charge in [0.25, 0.3) is 0 Å². The molecule has 1 aromatic rings. The van der Waals surface area contributed by atoms with Crippen LogP contribution in [0.5, 0.6) is 5.75 Å². The maximum Gasteiger partial charge on any atom is 0.326 e. The molecule has 0 saturated carbocycles.